The first kappa shape index (κ1) is 27.5. The van der Waals surface area contributed by atoms with Gasteiger partial charge in [0.2, 0.25) is 0 Å². The van der Waals surface area contributed by atoms with Crippen LogP contribution in [0.5, 0.6) is 0 Å². The summed E-state index contributed by atoms with van der Waals surface area (Å²) in [4.78, 5) is 15.6. The number of hydrogen-bond donors (Lipinski definition) is 2. The maximum atomic E-state index is 13.2. The molecule has 4 aliphatic carbocycles. The first-order valence-corrected chi connectivity index (χ1v) is 15.2. The van der Waals surface area contributed by atoms with Crippen LogP contribution in [0, 0.1) is 39.4 Å². The highest BCUT2D eigenvalue weighted by molar-refractivity contribution is 7.99. The predicted molar refractivity (Wildman–Crippen MR) is 143 cm³/mol. The number of ether oxygens (including phenoxy) is 1. The highest BCUT2D eigenvalue weighted by atomic mass is 32.2. The van der Waals surface area contributed by atoms with E-state index in [0.29, 0.717) is 24.0 Å². The normalized spacial score (nSPS) is 48.1. The Morgan fingerprint density at radius 2 is 1.86 bits per heavy atom. The van der Waals surface area contributed by atoms with Crippen LogP contribution < -0.4 is 0 Å². The minimum Gasteiger partial charge on any atom is -0.461 e. The predicted octanol–water partition coefficient (Wildman–Crippen LogP) is 4.76. The van der Waals surface area contributed by atoms with E-state index in [-0.39, 0.29) is 40.3 Å². The maximum Gasteiger partial charge on any atom is 0.316 e. The fourth-order valence-corrected chi connectivity index (χ4v) is 10.3. The number of nitrogens with zero attached hydrogens (tertiary/aromatic N) is 1. The molecule has 4 fully saturated rings. The average Bonchev–Trinajstić information content (AvgIpc) is 3.20. The summed E-state index contributed by atoms with van der Waals surface area (Å²) in [6.07, 6.45) is 5.09. The molecular weight excluding hydrogens is 458 g/mol. The molecule has 0 aromatic heterocycles. The van der Waals surface area contributed by atoms with Gasteiger partial charge in [0, 0.05) is 28.5 Å². The van der Waals surface area contributed by atoms with E-state index < -0.39 is 11.5 Å². The van der Waals surface area contributed by atoms with Crippen LogP contribution >= 0.6 is 11.8 Å². The first-order chi connectivity index (χ1) is 16.5. The van der Waals surface area contributed by atoms with Crippen LogP contribution in [0.25, 0.3) is 0 Å². The third-order valence-electron chi connectivity index (χ3n) is 11.5. The van der Waals surface area contributed by atoms with Crippen molar-refractivity contribution in [1.29, 1.82) is 0 Å². The van der Waals surface area contributed by atoms with Gasteiger partial charge in [-0.2, -0.15) is 0 Å². The fraction of sp³-hybridized carbons (Fsp3) is 0.897. The van der Waals surface area contributed by atoms with Gasteiger partial charge in [0.05, 0.1) is 18.0 Å². The van der Waals surface area contributed by atoms with E-state index in [1.807, 2.05) is 6.08 Å². The summed E-state index contributed by atoms with van der Waals surface area (Å²) in [5, 5.41) is 23.0. The van der Waals surface area contributed by atoms with E-state index in [1.165, 1.54) is 0 Å². The summed E-state index contributed by atoms with van der Waals surface area (Å²) in [5.41, 5.74) is -0.951. The SMILES string of the molecule is C=C[C@]1(C)C[C@@H](OC(=O)CSCCN(CC)CC)[C@]2(C)C(CC)CC34C(O)CC[C@@]3([C@@H](C)[C@@H]1O)[C@@H]42. The summed E-state index contributed by atoms with van der Waals surface area (Å²) < 4.78 is 6.41. The highest BCUT2D eigenvalue weighted by Gasteiger charge is 2.91. The summed E-state index contributed by atoms with van der Waals surface area (Å²) in [6.45, 7) is 20.3. The Balaban J connectivity index is 1.60. The number of carbonyl (C=O) groups excluding carboxylic acids is 1. The minimum absolute atomic E-state index is 0.0693. The second kappa shape index (κ2) is 9.63. The third-order valence-corrected chi connectivity index (χ3v) is 12.4. The molecule has 0 heterocycles. The Bertz CT molecular complexity index is 819. The lowest BCUT2D eigenvalue weighted by Crippen LogP contribution is -2.53. The Morgan fingerprint density at radius 1 is 1.17 bits per heavy atom. The molecule has 3 unspecified atom stereocenters. The van der Waals surface area contributed by atoms with Crippen molar-refractivity contribution in [1.82, 2.24) is 4.90 Å². The van der Waals surface area contributed by atoms with Crippen LogP contribution in [-0.4, -0.2) is 70.5 Å². The van der Waals surface area contributed by atoms with Crippen LogP contribution in [-0.2, 0) is 9.53 Å². The molecule has 4 rings (SSSR count). The van der Waals surface area contributed by atoms with Crippen LogP contribution in [0.1, 0.15) is 73.6 Å². The lowest BCUT2D eigenvalue weighted by molar-refractivity contribution is -0.169. The van der Waals surface area contributed by atoms with E-state index in [4.69, 9.17) is 4.74 Å². The average molecular weight is 508 g/mol. The summed E-state index contributed by atoms with van der Waals surface area (Å²) in [7, 11) is 0. The Hall–Kier alpha value is -0.560. The second-order valence-electron chi connectivity index (χ2n) is 12.4. The van der Waals surface area contributed by atoms with Crippen molar-refractivity contribution in [2.24, 2.45) is 39.4 Å². The molecule has 4 aliphatic rings. The summed E-state index contributed by atoms with van der Waals surface area (Å²) in [6, 6.07) is 0. The van der Waals surface area contributed by atoms with Crippen molar-refractivity contribution in [2.45, 2.75) is 92.0 Å². The zero-order valence-electron chi connectivity index (χ0n) is 22.9. The zero-order valence-corrected chi connectivity index (χ0v) is 23.7. The molecular formula is C29H49NO4S. The van der Waals surface area contributed by atoms with Gasteiger partial charge in [-0.15, -0.1) is 18.3 Å². The molecule has 6 heteroatoms. The maximum absolute atomic E-state index is 13.2. The highest BCUT2D eigenvalue weighted by Crippen LogP contribution is 2.92. The lowest BCUT2D eigenvalue weighted by Gasteiger charge is -2.52. The molecule has 0 aromatic carbocycles. The Labute approximate surface area is 217 Å². The van der Waals surface area contributed by atoms with Gasteiger partial charge in [-0.25, -0.2) is 0 Å². The van der Waals surface area contributed by atoms with Crippen LogP contribution in [0.15, 0.2) is 12.7 Å². The molecule has 0 aliphatic heterocycles. The summed E-state index contributed by atoms with van der Waals surface area (Å²) in [5.74, 6) is 1.90. The molecule has 5 nitrogen and oxygen atoms in total. The van der Waals surface area contributed by atoms with Crippen molar-refractivity contribution < 1.29 is 19.7 Å². The lowest BCUT2D eigenvalue weighted by atomic mass is 9.56. The first-order valence-electron chi connectivity index (χ1n) is 14.0. The van der Waals surface area contributed by atoms with E-state index in [0.717, 1.165) is 51.1 Å². The van der Waals surface area contributed by atoms with E-state index in [9.17, 15) is 15.0 Å². The van der Waals surface area contributed by atoms with E-state index in [2.05, 4.69) is 53.0 Å². The molecule has 0 amide bonds. The molecule has 2 spiro atoms. The topological polar surface area (TPSA) is 70.0 Å². The van der Waals surface area contributed by atoms with Gasteiger partial charge in [0.25, 0.3) is 0 Å². The quantitative estimate of drug-likeness (QED) is 0.252. The van der Waals surface area contributed by atoms with Crippen molar-refractivity contribution in [3.63, 3.8) is 0 Å². The fourth-order valence-electron chi connectivity index (χ4n) is 9.58. The van der Waals surface area contributed by atoms with Gasteiger partial charge >= 0.3 is 5.97 Å². The number of aliphatic hydroxyl groups excluding tert-OH is 2. The second-order valence-corrected chi connectivity index (χ2v) is 13.6. The molecule has 10 atom stereocenters. The van der Waals surface area contributed by atoms with Gasteiger partial charge in [-0.3, -0.25) is 4.79 Å². The molecule has 2 N–H and O–H groups in total. The van der Waals surface area contributed by atoms with Crippen molar-refractivity contribution >= 4 is 17.7 Å². The van der Waals surface area contributed by atoms with Crippen molar-refractivity contribution in [3.8, 4) is 0 Å². The number of esters is 1. The third kappa shape index (κ3) is 3.71. The molecule has 35 heavy (non-hydrogen) atoms. The Kier molecular flexibility index (Phi) is 7.56. The number of hydrogen-bond acceptors (Lipinski definition) is 6. The van der Waals surface area contributed by atoms with E-state index >= 15 is 0 Å². The standard InChI is InChI=1S/C29H49NO4S/c1-8-20-16-29-21(31)12-13-28(29)19(5)24(33)26(6,9-2)17-22(27(20,7)25(28)29)34-23(32)18-35-15-14-30(10-3)11-4/h9,19-22,24-25,31,33H,2,8,10-18H2,1,3-7H3/t19-,20?,21?,22+,24-,25-,26+,27-,28+,29?/m0/s1. The van der Waals surface area contributed by atoms with Gasteiger partial charge in [-0.1, -0.05) is 54.0 Å². The van der Waals surface area contributed by atoms with Crippen LogP contribution in [0.2, 0.25) is 0 Å². The Morgan fingerprint density at radius 3 is 2.46 bits per heavy atom. The largest absolute Gasteiger partial charge is 0.461 e. The van der Waals surface area contributed by atoms with Gasteiger partial charge < -0.3 is 19.8 Å². The molecule has 0 bridgehead atoms. The minimum atomic E-state index is -0.568. The van der Waals surface area contributed by atoms with Crippen molar-refractivity contribution in [3.05, 3.63) is 12.7 Å². The van der Waals surface area contributed by atoms with Crippen LogP contribution in [0.3, 0.4) is 0 Å². The van der Waals surface area contributed by atoms with Crippen molar-refractivity contribution in [2.75, 3.05) is 31.1 Å². The number of aliphatic hydroxyl groups is 2. The number of thioether (sulfide) groups is 1. The number of rotatable bonds is 10. The van der Waals surface area contributed by atoms with Gasteiger partial charge in [0.1, 0.15) is 6.10 Å². The molecule has 4 saturated carbocycles. The molecule has 0 radical (unpaired) electrons. The number of carbonyl (C=O) groups is 1. The van der Waals surface area contributed by atoms with Gasteiger partial charge in [0.15, 0.2) is 0 Å². The monoisotopic (exact) mass is 507 g/mol. The molecule has 0 saturated heterocycles. The zero-order chi connectivity index (χ0) is 25.8. The smallest absolute Gasteiger partial charge is 0.316 e. The summed E-state index contributed by atoms with van der Waals surface area (Å²) >= 11 is 1.65. The molecule has 0 aromatic rings. The molecule has 200 valence electrons. The van der Waals surface area contributed by atoms with Gasteiger partial charge in [-0.05, 0) is 61.9 Å². The van der Waals surface area contributed by atoms with Crippen LogP contribution in [0.4, 0.5) is 0 Å². The van der Waals surface area contributed by atoms with E-state index in [1.54, 1.807) is 11.8 Å².